The predicted octanol–water partition coefficient (Wildman–Crippen LogP) is 0.562. The molecule has 0 unspecified atom stereocenters. The van der Waals surface area contributed by atoms with Gasteiger partial charge >= 0.3 is 0 Å². The van der Waals surface area contributed by atoms with Gasteiger partial charge in [-0.2, -0.15) is 0 Å². The van der Waals surface area contributed by atoms with Crippen LogP contribution in [-0.4, -0.2) is 39.1 Å². The molecule has 2 heteroatoms. The molecule has 0 aliphatic rings. The van der Waals surface area contributed by atoms with Gasteiger partial charge in [-0.15, -0.1) is 0 Å². The highest BCUT2D eigenvalue weighted by molar-refractivity contribution is 4.46. The first-order chi connectivity index (χ1) is 4.27. The molecule has 0 rings (SSSR count). The normalized spacial score (nSPS) is 10.7. The highest BCUT2D eigenvalue weighted by Crippen LogP contribution is 1.87. The molecule has 0 amide bonds. The van der Waals surface area contributed by atoms with Crippen molar-refractivity contribution in [1.29, 1.82) is 0 Å². The van der Waals surface area contributed by atoms with E-state index in [1.165, 1.54) is 19.4 Å². The minimum Gasteiger partial charge on any atom is -0.309 e. The molecule has 0 bridgehead atoms. The predicted molar refractivity (Wildman–Crippen MR) is 40.7 cm³/mol. The fourth-order valence-corrected chi connectivity index (χ4v) is 0.698. The number of rotatable bonds is 5. The maximum absolute atomic E-state index is 4.01. The molecular weight excluding hydrogens is 112 g/mol. The van der Waals surface area contributed by atoms with Gasteiger partial charge in [-0.05, 0) is 33.5 Å². The van der Waals surface area contributed by atoms with Crippen LogP contribution in [0.1, 0.15) is 12.8 Å². The van der Waals surface area contributed by atoms with Crippen molar-refractivity contribution in [3.8, 4) is 0 Å². The monoisotopic (exact) mass is 129 g/mol. The fraction of sp³-hybridized carbons (Fsp3) is 1.00. The van der Waals surface area contributed by atoms with Gasteiger partial charge in [0.05, 0.1) is 0 Å². The maximum Gasteiger partial charge on any atom is 0.0130 e. The molecule has 1 radical (unpaired) electrons. The molecule has 55 valence electrons. The van der Waals surface area contributed by atoms with Crippen molar-refractivity contribution in [2.24, 2.45) is 0 Å². The fourth-order valence-electron chi connectivity index (χ4n) is 0.698. The first-order valence-electron chi connectivity index (χ1n) is 3.47. The van der Waals surface area contributed by atoms with Crippen molar-refractivity contribution >= 4 is 0 Å². The lowest BCUT2D eigenvalue weighted by atomic mass is 10.3. The van der Waals surface area contributed by atoms with Crippen molar-refractivity contribution in [3.63, 3.8) is 0 Å². The van der Waals surface area contributed by atoms with E-state index in [1.54, 1.807) is 0 Å². The molecule has 0 heterocycles. The average molecular weight is 129 g/mol. The van der Waals surface area contributed by atoms with E-state index >= 15 is 0 Å². The van der Waals surface area contributed by atoms with Gasteiger partial charge in [0, 0.05) is 13.6 Å². The number of hydrogen-bond acceptors (Lipinski definition) is 1. The van der Waals surface area contributed by atoms with E-state index in [4.69, 9.17) is 0 Å². The Bertz CT molecular complexity index is 52.9. The summed E-state index contributed by atoms with van der Waals surface area (Å²) >= 11 is 0. The summed E-state index contributed by atoms with van der Waals surface area (Å²) in [6.45, 7) is 2.21. The lowest BCUT2D eigenvalue weighted by Crippen LogP contribution is -2.13. The van der Waals surface area contributed by atoms with Gasteiger partial charge in [0.15, 0.2) is 0 Å². The van der Waals surface area contributed by atoms with Gasteiger partial charge in [-0.3, -0.25) is 0 Å². The molecule has 0 spiro atoms. The molecule has 9 heavy (non-hydrogen) atoms. The molecule has 0 saturated carbocycles. The third-order valence-corrected chi connectivity index (χ3v) is 1.24. The molecule has 0 fully saturated rings. The maximum atomic E-state index is 4.01. The van der Waals surface area contributed by atoms with E-state index in [0.717, 1.165) is 6.54 Å². The van der Waals surface area contributed by atoms with Crippen molar-refractivity contribution in [1.82, 2.24) is 10.2 Å². The topological polar surface area (TPSA) is 17.3 Å². The van der Waals surface area contributed by atoms with E-state index in [2.05, 4.69) is 24.3 Å². The van der Waals surface area contributed by atoms with E-state index < -0.39 is 0 Å². The molecule has 0 aromatic rings. The largest absolute Gasteiger partial charge is 0.309 e. The molecule has 0 aromatic heterocycles. The molecule has 0 atom stereocenters. The molecule has 2 nitrogen and oxygen atoms in total. The van der Waals surface area contributed by atoms with E-state index in [1.807, 2.05) is 7.05 Å². The minimum absolute atomic E-state index is 1.02. The van der Waals surface area contributed by atoms with Crippen LogP contribution >= 0.6 is 0 Å². The van der Waals surface area contributed by atoms with Crippen LogP contribution in [-0.2, 0) is 0 Å². The Labute approximate surface area is 58.2 Å². The Hall–Kier alpha value is -0.0800. The Kier molecular flexibility index (Phi) is 5.99. The standard InChI is InChI=1S/C7H17N2/c1-8-6-4-5-7-9(2)3/h4-7H2,1-3H3. The van der Waals surface area contributed by atoms with E-state index in [9.17, 15) is 0 Å². The third-order valence-electron chi connectivity index (χ3n) is 1.24. The van der Waals surface area contributed by atoms with Crippen LogP contribution in [0.2, 0.25) is 0 Å². The van der Waals surface area contributed by atoms with Gasteiger partial charge in [-0.25, -0.2) is 5.32 Å². The number of unbranched alkanes of at least 4 members (excludes halogenated alkanes) is 1. The lowest BCUT2D eigenvalue weighted by molar-refractivity contribution is 0.393. The zero-order valence-electron chi connectivity index (χ0n) is 6.72. The van der Waals surface area contributed by atoms with Crippen LogP contribution in [0.4, 0.5) is 0 Å². The molecule has 0 aromatic carbocycles. The van der Waals surface area contributed by atoms with Crippen LogP contribution < -0.4 is 5.32 Å². The van der Waals surface area contributed by atoms with Gasteiger partial charge in [0.2, 0.25) is 0 Å². The minimum atomic E-state index is 1.02. The van der Waals surface area contributed by atoms with Crippen molar-refractivity contribution < 1.29 is 0 Å². The van der Waals surface area contributed by atoms with Crippen LogP contribution in [0.25, 0.3) is 0 Å². The molecule has 0 aliphatic carbocycles. The van der Waals surface area contributed by atoms with Gasteiger partial charge in [0.1, 0.15) is 0 Å². The van der Waals surface area contributed by atoms with Crippen molar-refractivity contribution in [3.05, 3.63) is 0 Å². The van der Waals surface area contributed by atoms with Gasteiger partial charge in [-0.1, -0.05) is 0 Å². The SMILES string of the molecule is C[N]CCCCN(C)C. The summed E-state index contributed by atoms with van der Waals surface area (Å²) in [6.07, 6.45) is 2.50. The molecule has 0 saturated heterocycles. The average Bonchev–Trinajstić information content (AvgIpc) is 1.80. The lowest BCUT2D eigenvalue weighted by Gasteiger charge is -2.07. The zero-order valence-corrected chi connectivity index (χ0v) is 6.72. The Morgan fingerprint density at radius 1 is 1.22 bits per heavy atom. The van der Waals surface area contributed by atoms with Gasteiger partial charge in [0.25, 0.3) is 0 Å². The van der Waals surface area contributed by atoms with Gasteiger partial charge < -0.3 is 4.90 Å². The summed E-state index contributed by atoms with van der Waals surface area (Å²) in [7, 11) is 6.07. The molecule has 0 aliphatic heterocycles. The van der Waals surface area contributed by atoms with E-state index in [-0.39, 0.29) is 0 Å². The summed E-state index contributed by atoms with van der Waals surface area (Å²) in [6, 6.07) is 0. The first-order valence-corrected chi connectivity index (χ1v) is 3.47. The summed E-state index contributed by atoms with van der Waals surface area (Å²) in [5.41, 5.74) is 0. The quantitative estimate of drug-likeness (QED) is 0.496. The second-order valence-electron chi connectivity index (χ2n) is 2.55. The molecule has 0 N–H and O–H groups in total. The second-order valence-corrected chi connectivity index (χ2v) is 2.55. The second kappa shape index (κ2) is 6.05. The molecular formula is C7H17N2. The van der Waals surface area contributed by atoms with E-state index in [0.29, 0.717) is 0 Å². The summed E-state index contributed by atoms with van der Waals surface area (Å²) < 4.78 is 0. The highest BCUT2D eigenvalue weighted by Gasteiger charge is 1.88. The van der Waals surface area contributed by atoms with Crippen molar-refractivity contribution in [2.45, 2.75) is 12.8 Å². The smallest absolute Gasteiger partial charge is 0.0130 e. The van der Waals surface area contributed by atoms with Crippen molar-refractivity contribution in [2.75, 3.05) is 34.2 Å². The highest BCUT2D eigenvalue weighted by atomic mass is 15.0. The van der Waals surface area contributed by atoms with Crippen LogP contribution in [0.5, 0.6) is 0 Å². The Balaban J connectivity index is 2.75. The number of nitrogens with zero attached hydrogens (tertiary/aromatic N) is 2. The number of hydrogen-bond donors (Lipinski definition) is 0. The Morgan fingerprint density at radius 2 is 1.89 bits per heavy atom. The van der Waals surface area contributed by atoms with Crippen LogP contribution in [0, 0.1) is 0 Å². The summed E-state index contributed by atoms with van der Waals surface area (Å²) in [4.78, 5) is 2.20. The zero-order chi connectivity index (χ0) is 7.11. The van der Waals surface area contributed by atoms with Crippen LogP contribution in [0.3, 0.4) is 0 Å². The van der Waals surface area contributed by atoms with Crippen LogP contribution in [0.15, 0.2) is 0 Å². The Morgan fingerprint density at radius 3 is 2.33 bits per heavy atom. The summed E-state index contributed by atoms with van der Waals surface area (Å²) in [5, 5.41) is 4.01. The summed E-state index contributed by atoms with van der Waals surface area (Å²) in [5.74, 6) is 0. The third kappa shape index (κ3) is 7.92. The first kappa shape index (κ1) is 8.92.